The summed E-state index contributed by atoms with van der Waals surface area (Å²) in [7, 11) is 0. The maximum atomic E-state index is 10.6. The van der Waals surface area contributed by atoms with E-state index in [0.29, 0.717) is 67.9 Å². The van der Waals surface area contributed by atoms with Crippen LogP contribution in [0.3, 0.4) is 0 Å². The molecule has 0 bridgehead atoms. The molecule has 2 aliphatic rings. The maximum Gasteiger partial charge on any atom is 0.218 e. The molecule has 0 atom stereocenters. The highest BCUT2D eigenvalue weighted by molar-refractivity contribution is 6.17. The summed E-state index contributed by atoms with van der Waals surface area (Å²) in [4.78, 5) is 11.5. The van der Waals surface area contributed by atoms with Crippen LogP contribution in [0.15, 0.2) is 109 Å². The van der Waals surface area contributed by atoms with Gasteiger partial charge in [0.25, 0.3) is 0 Å². The van der Waals surface area contributed by atoms with Gasteiger partial charge in [-0.15, -0.1) is 0 Å². The van der Waals surface area contributed by atoms with E-state index in [0.717, 1.165) is 0 Å². The van der Waals surface area contributed by atoms with E-state index >= 15 is 0 Å². The van der Waals surface area contributed by atoms with E-state index in [9.17, 15) is 10.5 Å². The van der Waals surface area contributed by atoms with Crippen molar-refractivity contribution in [3.63, 3.8) is 0 Å². The lowest BCUT2D eigenvalue weighted by atomic mass is 9.93. The van der Waals surface area contributed by atoms with Crippen LogP contribution in [-0.2, 0) is 0 Å². The van der Waals surface area contributed by atoms with Crippen LogP contribution in [0, 0.1) is 35.8 Å². The molecule has 0 aliphatic carbocycles. The number of nitrogens with zero attached hydrogens (tertiary/aromatic N) is 6. The highest BCUT2D eigenvalue weighted by Crippen LogP contribution is 2.59. The minimum Gasteiger partial charge on any atom is -0.453 e. The Labute approximate surface area is 264 Å². The van der Waals surface area contributed by atoms with E-state index in [2.05, 4.69) is 21.8 Å². The average Bonchev–Trinajstić information content (AvgIpc) is 3.11. The molecule has 46 heavy (non-hydrogen) atoms. The normalized spacial score (nSPS) is 12.1. The molecule has 6 aromatic carbocycles. The summed E-state index contributed by atoms with van der Waals surface area (Å²) < 4.78 is 12.5. The Morgan fingerprint density at radius 2 is 0.978 bits per heavy atom. The van der Waals surface area contributed by atoms with Gasteiger partial charge in [-0.3, -0.25) is 0 Å². The standard InChI is InChI=1S/C38H18N6O2/c1-41-27-20-25-24(38(36(27)42-2)44-30-13-5-9-17-34(30)46-35-18-10-6-14-31(35)44)19-23(21-39)26(22-40)37(25)43-28-11-3-7-15-32(28)45-33-16-8-4-12-29(33)43/h3-20H. The molecule has 0 fully saturated rings. The van der Waals surface area contributed by atoms with Crippen LogP contribution < -0.4 is 19.3 Å². The molecule has 0 N–H and O–H groups in total. The summed E-state index contributed by atoms with van der Waals surface area (Å²) in [5.74, 6) is 2.29. The highest BCUT2D eigenvalue weighted by Gasteiger charge is 2.34. The van der Waals surface area contributed by atoms with Crippen molar-refractivity contribution in [2.75, 3.05) is 9.80 Å². The monoisotopic (exact) mass is 590 g/mol. The third kappa shape index (κ3) is 3.69. The average molecular weight is 591 g/mol. The number of anilines is 6. The molecule has 212 valence electrons. The first kappa shape index (κ1) is 26.4. The molecule has 0 spiro atoms. The van der Waals surface area contributed by atoms with Crippen LogP contribution in [0.4, 0.5) is 45.5 Å². The van der Waals surface area contributed by atoms with Crippen molar-refractivity contribution in [2.45, 2.75) is 0 Å². The molecule has 0 saturated carbocycles. The van der Waals surface area contributed by atoms with E-state index in [1.807, 2.05) is 107 Å². The molecule has 0 saturated heterocycles. The second-order valence-corrected chi connectivity index (χ2v) is 10.5. The van der Waals surface area contributed by atoms with Gasteiger partial charge in [-0.2, -0.15) is 10.5 Å². The molecular weight excluding hydrogens is 572 g/mol. The Morgan fingerprint density at radius 3 is 1.39 bits per heavy atom. The lowest BCUT2D eigenvalue weighted by molar-refractivity contribution is 0.477. The minimum atomic E-state index is 0.114. The summed E-state index contributed by atoms with van der Waals surface area (Å²) in [5, 5.41) is 22.2. The first-order valence-electron chi connectivity index (χ1n) is 14.2. The summed E-state index contributed by atoms with van der Waals surface area (Å²) in [6, 6.07) is 37.7. The molecule has 0 unspecified atom stereocenters. The van der Waals surface area contributed by atoms with Gasteiger partial charge >= 0.3 is 0 Å². The summed E-state index contributed by atoms with van der Waals surface area (Å²) >= 11 is 0. The number of ether oxygens (including phenoxy) is 2. The second-order valence-electron chi connectivity index (χ2n) is 10.5. The molecule has 2 aliphatic heterocycles. The van der Waals surface area contributed by atoms with Gasteiger partial charge in [-0.25, -0.2) is 9.69 Å². The van der Waals surface area contributed by atoms with Gasteiger partial charge in [0.15, 0.2) is 28.7 Å². The Kier molecular flexibility index (Phi) is 5.84. The van der Waals surface area contributed by atoms with Gasteiger partial charge < -0.3 is 19.3 Å². The lowest BCUT2D eigenvalue weighted by Gasteiger charge is -2.36. The van der Waals surface area contributed by atoms with Gasteiger partial charge in [0.2, 0.25) is 5.69 Å². The highest BCUT2D eigenvalue weighted by atomic mass is 16.5. The Bertz CT molecular complexity index is 2200. The predicted octanol–water partition coefficient (Wildman–Crippen LogP) is 10.8. The molecule has 8 heteroatoms. The number of benzene rings is 6. The fourth-order valence-corrected chi connectivity index (χ4v) is 6.23. The zero-order valence-corrected chi connectivity index (χ0v) is 23.9. The second kappa shape index (κ2) is 10.2. The first-order valence-corrected chi connectivity index (χ1v) is 14.2. The third-order valence-corrected chi connectivity index (χ3v) is 8.12. The maximum absolute atomic E-state index is 10.6. The van der Waals surface area contributed by atoms with E-state index in [1.165, 1.54) is 0 Å². The van der Waals surface area contributed by atoms with E-state index in [1.54, 1.807) is 12.1 Å². The van der Waals surface area contributed by atoms with E-state index in [4.69, 9.17) is 22.6 Å². The molecule has 0 radical (unpaired) electrons. The Morgan fingerprint density at radius 1 is 0.543 bits per heavy atom. The summed E-state index contributed by atoms with van der Waals surface area (Å²) in [6.07, 6.45) is 0. The van der Waals surface area contributed by atoms with Crippen LogP contribution in [0.2, 0.25) is 0 Å². The molecular formula is C38H18N6O2. The zero-order chi connectivity index (χ0) is 31.4. The quantitative estimate of drug-likeness (QED) is 0.186. The number of hydrogen-bond acceptors (Lipinski definition) is 6. The topological polar surface area (TPSA) is 81.2 Å². The largest absolute Gasteiger partial charge is 0.453 e. The fourth-order valence-electron chi connectivity index (χ4n) is 6.23. The predicted molar refractivity (Wildman–Crippen MR) is 175 cm³/mol. The zero-order valence-electron chi connectivity index (χ0n) is 23.9. The molecule has 8 rings (SSSR count). The molecule has 0 amide bonds. The summed E-state index contributed by atoms with van der Waals surface area (Å²) in [6.45, 7) is 16.5. The number of rotatable bonds is 2. The smallest absolute Gasteiger partial charge is 0.218 e. The van der Waals surface area contributed by atoms with Crippen molar-refractivity contribution in [1.82, 2.24) is 0 Å². The van der Waals surface area contributed by atoms with Crippen LogP contribution >= 0.6 is 0 Å². The SMILES string of the molecule is [C-]#[N+]c1cc2c(N3c4ccccc4Oc4ccccc43)c(C#N)c(C#N)cc2c(N2c3ccccc3Oc3ccccc32)c1[N+]#[C-]. The molecule has 6 aromatic rings. The lowest BCUT2D eigenvalue weighted by Crippen LogP contribution is -2.19. The van der Waals surface area contributed by atoms with Crippen LogP contribution in [0.25, 0.3) is 20.5 Å². The van der Waals surface area contributed by atoms with Crippen molar-refractivity contribution < 1.29 is 9.47 Å². The van der Waals surface area contributed by atoms with Gasteiger partial charge in [-0.1, -0.05) is 54.6 Å². The molecule has 0 aromatic heterocycles. The Balaban J connectivity index is 1.57. The van der Waals surface area contributed by atoms with E-state index in [-0.39, 0.29) is 22.5 Å². The number of nitriles is 2. The fraction of sp³-hybridized carbons (Fsp3) is 0. The van der Waals surface area contributed by atoms with Crippen molar-refractivity contribution in [2.24, 2.45) is 0 Å². The van der Waals surface area contributed by atoms with Crippen molar-refractivity contribution in [3.8, 4) is 35.1 Å². The summed E-state index contributed by atoms with van der Waals surface area (Å²) in [5.41, 5.74) is 4.00. The van der Waals surface area contributed by atoms with Crippen LogP contribution in [-0.4, -0.2) is 0 Å². The van der Waals surface area contributed by atoms with Gasteiger partial charge in [0, 0.05) is 5.69 Å². The molecule has 8 nitrogen and oxygen atoms in total. The first-order chi connectivity index (χ1) is 22.7. The number of hydrogen-bond donors (Lipinski definition) is 0. The van der Waals surface area contributed by atoms with Crippen LogP contribution in [0.1, 0.15) is 11.1 Å². The van der Waals surface area contributed by atoms with Crippen LogP contribution in [0.5, 0.6) is 23.0 Å². The van der Waals surface area contributed by atoms with Crippen molar-refractivity contribution >= 4 is 56.3 Å². The number of fused-ring (bicyclic) bond motifs is 5. The number of para-hydroxylation sites is 8. The van der Waals surface area contributed by atoms with Gasteiger partial charge in [-0.05, 0) is 65.4 Å². The van der Waals surface area contributed by atoms with Crippen molar-refractivity contribution in [3.05, 3.63) is 143 Å². The third-order valence-electron chi connectivity index (χ3n) is 8.12. The van der Waals surface area contributed by atoms with Gasteiger partial charge in [0.1, 0.15) is 12.1 Å². The minimum absolute atomic E-state index is 0.114. The Hall–Kier alpha value is -7.26. The van der Waals surface area contributed by atoms with Crippen molar-refractivity contribution in [1.29, 1.82) is 10.5 Å². The van der Waals surface area contributed by atoms with E-state index < -0.39 is 0 Å². The molecule has 2 heterocycles. The van der Waals surface area contributed by atoms with Gasteiger partial charge in [0.05, 0.1) is 52.7 Å².